The summed E-state index contributed by atoms with van der Waals surface area (Å²) in [6, 6.07) is 0.592. The van der Waals surface area contributed by atoms with Crippen molar-refractivity contribution >= 4 is 6.09 Å². The Bertz CT molecular complexity index is 448. The fourth-order valence-electron chi connectivity index (χ4n) is 1.90. The van der Waals surface area contributed by atoms with Crippen molar-refractivity contribution in [2.45, 2.75) is 39.5 Å². The molecule has 0 aliphatic carbocycles. The van der Waals surface area contributed by atoms with E-state index in [4.69, 9.17) is 9.47 Å². The minimum Gasteiger partial charge on any atom is -0.468 e. The molecule has 18 heavy (non-hydrogen) atoms. The van der Waals surface area contributed by atoms with Crippen LogP contribution in [0.25, 0.3) is 0 Å². The number of carbonyl (C=O) groups is 1. The summed E-state index contributed by atoms with van der Waals surface area (Å²) in [5.41, 5.74) is 0.496. The van der Waals surface area contributed by atoms with Crippen LogP contribution in [0, 0.1) is 0 Å². The van der Waals surface area contributed by atoms with E-state index in [0.717, 1.165) is 5.69 Å². The van der Waals surface area contributed by atoms with Gasteiger partial charge in [0.1, 0.15) is 5.60 Å². The highest BCUT2D eigenvalue weighted by atomic mass is 16.6. The molecule has 1 amide bonds. The number of fused-ring (bicyclic) bond motifs is 1. The summed E-state index contributed by atoms with van der Waals surface area (Å²) in [4.78, 5) is 17.8. The second-order valence-corrected chi connectivity index (χ2v) is 5.29. The van der Waals surface area contributed by atoms with Gasteiger partial charge in [0.05, 0.1) is 25.5 Å². The molecule has 6 heteroatoms. The quantitative estimate of drug-likeness (QED) is 0.763. The zero-order valence-corrected chi connectivity index (χ0v) is 11.3. The summed E-state index contributed by atoms with van der Waals surface area (Å²) in [5, 5.41) is 0. The topological polar surface area (TPSA) is 56.6 Å². The summed E-state index contributed by atoms with van der Waals surface area (Å²) in [7, 11) is 1.59. The Morgan fingerprint density at radius 2 is 2.11 bits per heavy atom. The monoisotopic (exact) mass is 253 g/mol. The van der Waals surface area contributed by atoms with Crippen molar-refractivity contribution in [3.8, 4) is 6.01 Å². The standard InChI is InChI=1S/C12H19N3O3/c1-12(2,3)18-11(16)14-5-6-15-9(8-14)7-13-10(15)17-4/h7H,5-6,8H2,1-4H3. The van der Waals surface area contributed by atoms with Crippen molar-refractivity contribution in [2.75, 3.05) is 13.7 Å². The molecule has 0 radical (unpaired) electrons. The van der Waals surface area contributed by atoms with Gasteiger partial charge in [-0.3, -0.25) is 4.57 Å². The van der Waals surface area contributed by atoms with Crippen LogP contribution >= 0.6 is 0 Å². The van der Waals surface area contributed by atoms with Gasteiger partial charge in [-0.25, -0.2) is 9.78 Å². The second kappa shape index (κ2) is 4.51. The molecule has 1 aliphatic rings. The number of imidazole rings is 1. The van der Waals surface area contributed by atoms with E-state index < -0.39 is 5.60 Å². The van der Waals surface area contributed by atoms with Gasteiger partial charge in [-0.05, 0) is 20.8 Å². The predicted molar refractivity (Wildman–Crippen MR) is 65.4 cm³/mol. The largest absolute Gasteiger partial charge is 0.468 e. The maximum absolute atomic E-state index is 11.9. The molecule has 1 aromatic rings. The Balaban J connectivity index is 2.06. The van der Waals surface area contributed by atoms with Crippen LogP contribution in [0.2, 0.25) is 0 Å². The minimum absolute atomic E-state index is 0.283. The van der Waals surface area contributed by atoms with E-state index in [1.807, 2.05) is 25.3 Å². The average molecular weight is 253 g/mol. The lowest BCUT2D eigenvalue weighted by Gasteiger charge is -2.30. The molecule has 0 N–H and O–H groups in total. The van der Waals surface area contributed by atoms with E-state index in [2.05, 4.69) is 4.98 Å². The lowest BCUT2D eigenvalue weighted by atomic mass is 10.2. The molecule has 1 aliphatic heterocycles. The van der Waals surface area contributed by atoms with Gasteiger partial charge in [-0.15, -0.1) is 0 Å². The minimum atomic E-state index is -0.466. The molecule has 0 spiro atoms. The molecule has 6 nitrogen and oxygen atoms in total. The van der Waals surface area contributed by atoms with E-state index in [0.29, 0.717) is 25.6 Å². The van der Waals surface area contributed by atoms with E-state index in [1.54, 1.807) is 18.2 Å². The normalized spacial score (nSPS) is 15.2. The summed E-state index contributed by atoms with van der Waals surface area (Å²) in [6.45, 7) is 7.38. The van der Waals surface area contributed by atoms with Gasteiger partial charge < -0.3 is 14.4 Å². The Morgan fingerprint density at radius 1 is 1.39 bits per heavy atom. The second-order valence-electron chi connectivity index (χ2n) is 5.29. The van der Waals surface area contributed by atoms with E-state index >= 15 is 0 Å². The van der Waals surface area contributed by atoms with E-state index in [1.165, 1.54) is 0 Å². The highest BCUT2D eigenvalue weighted by Gasteiger charge is 2.27. The first-order valence-corrected chi connectivity index (χ1v) is 5.97. The maximum atomic E-state index is 11.9. The molecule has 2 heterocycles. The van der Waals surface area contributed by atoms with E-state index in [9.17, 15) is 4.79 Å². The maximum Gasteiger partial charge on any atom is 0.410 e. The summed E-state index contributed by atoms with van der Waals surface area (Å²) >= 11 is 0. The van der Waals surface area contributed by atoms with Crippen molar-refractivity contribution in [1.82, 2.24) is 14.5 Å². The number of rotatable bonds is 1. The van der Waals surface area contributed by atoms with Gasteiger partial charge in [0, 0.05) is 13.1 Å². The average Bonchev–Trinajstić information content (AvgIpc) is 2.68. The molecule has 0 aromatic carbocycles. The molecule has 0 atom stereocenters. The van der Waals surface area contributed by atoms with Gasteiger partial charge in [-0.1, -0.05) is 0 Å². The van der Waals surface area contributed by atoms with Crippen LogP contribution in [0.1, 0.15) is 26.5 Å². The van der Waals surface area contributed by atoms with Crippen LogP contribution in [-0.4, -0.2) is 39.8 Å². The lowest BCUT2D eigenvalue weighted by molar-refractivity contribution is 0.0196. The van der Waals surface area contributed by atoms with Crippen LogP contribution in [0.3, 0.4) is 0 Å². The van der Waals surface area contributed by atoms with Crippen LogP contribution in [-0.2, 0) is 17.8 Å². The first-order valence-electron chi connectivity index (χ1n) is 5.97. The van der Waals surface area contributed by atoms with Crippen LogP contribution in [0.4, 0.5) is 4.79 Å². The van der Waals surface area contributed by atoms with Crippen molar-refractivity contribution < 1.29 is 14.3 Å². The van der Waals surface area contributed by atoms with Crippen molar-refractivity contribution in [1.29, 1.82) is 0 Å². The lowest BCUT2D eigenvalue weighted by Crippen LogP contribution is -2.41. The highest BCUT2D eigenvalue weighted by molar-refractivity contribution is 5.68. The molecule has 100 valence electrons. The van der Waals surface area contributed by atoms with Gasteiger partial charge in [-0.2, -0.15) is 0 Å². The smallest absolute Gasteiger partial charge is 0.410 e. The van der Waals surface area contributed by atoms with Crippen LogP contribution < -0.4 is 4.74 Å². The van der Waals surface area contributed by atoms with Crippen molar-refractivity contribution in [3.05, 3.63) is 11.9 Å². The number of hydrogen-bond donors (Lipinski definition) is 0. The third-order valence-corrected chi connectivity index (χ3v) is 2.68. The van der Waals surface area contributed by atoms with Crippen molar-refractivity contribution in [3.63, 3.8) is 0 Å². The highest BCUT2D eigenvalue weighted by Crippen LogP contribution is 2.20. The Kier molecular flexibility index (Phi) is 3.19. The Morgan fingerprint density at radius 3 is 2.72 bits per heavy atom. The zero-order valence-electron chi connectivity index (χ0n) is 11.3. The molecular weight excluding hydrogens is 234 g/mol. The molecule has 0 unspecified atom stereocenters. The number of amides is 1. The molecule has 0 fully saturated rings. The van der Waals surface area contributed by atoms with Crippen molar-refractivity contribution in [2.24, 2.45) is 0 Å². The molecule has 2 rings (SSSR count). The fourth-order valence-corrected chi connectivity index (χ4v) is 1.90. The molecule has 0 bridgehead atoms. The third kappa shape index (κ3) is 2.57. The third-order valence-electron chi connectivity index (χ3n) is 2.68. The first-order chi connectivity index (χ1) is 8.40. The molecular formula is C12H19N3O3. The Hall–Kier alpha value is -1.72. The van der Waals surface area contributed by atoms with E-state index in [-0.39, 0.29) is 6.09 Å². The summed E-state index contributed by atoms with van der Waals surface area (Å²) < 4.78 is 12.5. The van der Waals surface area contributed by atoms with Gasteiger partial charge in [0.15, 0.2) is 0 Å². The number of aromatic nitrogens is 2. The number of carbonyl (C=O) groups excluding carboxylic acids is 1. The molecule has 0 saturated heterocycles. The number of nitrogens with zero attached hydrogens (tertiary/aromatic N) is 3. The SMILES string of the molecule is COc1ncc2n1CCN(C(=O)OC(C)(C)C)C2. The molecule has 1 aromatic heterocycles. The zero-order chi connectivity index (χ0) is 13.3. The first kappa shape index (κ1) is 12.7. The predicted octanol–water partition coefficient (Wildman–Crippen LogP) is 1.64. The van der Waals surface area contributed by atoms with Gasteiger partial charge in [0.25, 0.3) is 6.01 Å². The Labute approximate surface area is 106 Å². The molecule has 0 saturated carbocycles. The van der Waals surface area contributed by atoms with Gasteiger partial charge in [0.2, 0.25) is 0 Å². The summed E-state index contributed by atoms with van der Waals surface area (Å²) in [6.07, 6.45) is 1.45. The van der Waals surface area contributed by atoms with Gasteiger partial charge >= 0.3 is 6.09 Å². The number of hydrogen-bond acceptors (Lipinski definition) is 4. The van der Waals surface area contributed by atoms with Crippen LogP contribution in [0.5, 0.6) is 6.01 Å². The number of ether oxygens (including phenoxy) is 2. The van der Waals surface area contributed by atoms with Crippen LogP contribution in [0.15, 0.2) is 6.20 Å². The summed E-state index contributed by atoms with van der Waals surface area (Å²) in [5.74, 6) is 0. The fraction of sp³-hybridized carbons (Fsp3) is 0.667. The number of methoxy groups -OCH3 is 1.